The Bertz CT molecular complexity index is 740. The van der Waals surface area contributed by atoms with Gasteiger partial charge >= 0.3 is 6.09 Å². The molecule has 0 fully saturated rings. The Hall–Kier alpha value is -2.70. The second-order valence-corrected chi connectivity index (χ2v) is 6.20. The summed E-state index contributed by atoms with van der Waals surface area (Å²) in [6.45, 7) is 7.02. The van der Waals surface area contributed by atoms with E-state index in [-0.39, 0.29) is 11.4 Å². The Morgan fingerprint density at radius 1 is 1.21 bits per heavy atom. The molecule has 2 rings (SSSR count). The second kappa shape index (κ2) is 6.82. The Morgan fingerprint density at radius 3 is 2.46 bits per heavy atom. The number of aromatic nitrogens is 2. The van der Waals surface area contributed by atoms with E-state index in [1.165, 1.54) is 19.4 Å². The molecule has 2 aromatic rings. The van der Waals surface area contributed by atoms with Gasteiger partial charge in [-0.25, -0.2) is 9.18 Å². The molecule has 0 bridgehead atoms. The fourth-order valence-corrected chi connectivity index (χ4v) is 2.04. The highest BCUT2D eigenvalue weighted by molar-refractivity contribution is 5.90. The molecule has 0 aliphatic carbocycles. The number of carbonyl (C=O) groups excluding carboxylic acids is 1. The lowest BCUT2D eigenvalue weighted by molar-refractivity contribution is 0.0635. The first-order valence-electron chi connectivity index (χ1n) is 7.36. The Balaban J connectivity index is 2.42. The van der Waals surface area contributed by atoms with Crippen LogP contribution in [0.25, 0.3) is 11.3 Å². The van der Waals surface area contributed by atoms with Crippen molar-refractivity contribution in [3.8, 4) is 17.0 Å². The maximum atomic E-state index is 14.0. The van der Waals surface area contributed by atoms with Crippen molar-refractivity contribution < 1.29 is 18.7 Å². The summed E-state index contributed by atoms with van der Waals surface area (Å²) in [5.74, 6) is -0.264. The van der Waals surface area contributed by atoms with Crippen molar-refractivity contribution in [3.63, 3.8) is 0 Å². The van der Waals surface area contributed by atoms with Crippen molar-refractivity contribution in [1.29, 1.82) is 0 Å². The number of hydrogen-bond donors (Lipinski definition) is 1. The monoisotopic (exact) mass is 333 g/mol. The summed E-state index contributed by atoms with van der Waals surface area (Å²) in [5, 5.41) is 2.51. The molecule has 24 heavy (non-hydrogen) atoms. The average molecular weight is 333 g/mol. The SMILES string of the molecule is COc1c(NC(=O)OC(C)(C)C)cc(F)cc1-c1cnc(C)cn1. The standard InChI is InChI=1S/C17H20FN3O3/c1-10-8-20-14(9-19-10)12-6-11(18)7-13(15(12)23-5)21-16(22)24-17(2,3)4/h6-9H,1-5H3,(H,21,22). The summed E-state index contributed by atoms with van der Waals surface area (Å²) in [7, 11) is 1.43. The maximum absolute atomic E-state index is 14.0. The molecule has 0 aliphatic rings. The van der Waals surface area contributed by atoms with Crippen LogP contribution in [0.3, 0.4) is 0 Å². The maximum Gasteiger partial charge on any atom is 0.412 e. The van der Waals surface area contributed by atoms with Gasteiger partial charge in [0.25, 0.3) is 0 Å². The van der Waals surface area contributed by atoms with Crippen LogP contribution >= 0.6 is 0 Å². The molecule has 0 radical (unpaired) electrons. The predicted molar refractivity (Wildman–Crippen MR) is 88.6 cm³/mol. The van der Waals surface area contributed by atoms with E-state index in [1.807, 2.05) is 0 Å². The lowest BCUT2D eigenvalue weighted by atomic mass is 10.1. The molecule has 128 valence electrons. The van der Waals surface area contributed by atoms with Crippen LogP contribution in [0.2, 0.25) is 0 Å². The molecule has 6 nitrogen and oxygen atoms in total. The zero-order chi connectivity index (χ0) is 17.9. The van der Waals surface area contributed by atoms with Crippen LogP contribution < -0.4 is 10.1 Å². The highest BCUT2D eigenvalue weighted by Gasteiger charge is 2.20. The third-order valence-electron chi connectivity index (χ3n) is 2.95. The zero-order valence-corrected chi connectivity index (χ0v) is 14.3. The Labute approximate surface area is 140 Å². The van der Waals surface area contributed by atoms with Crippen molar-refractivity contribution >= 4 is 11.8 Å². The minimum atomic E-state index is -0.702. The van der Waals surface area contributed by atoms with Crippen molar-refractivity contribution in [2.45, 2.75) is 33.3 Å². The number of anilines is 1. The number of nitrogens with zero attached hydrogens (tertiary/aromatic N) is 2. The van der Waals surface area contributed by atoms with Crippen LogP contribution in [0.15, 0.2) is 24.5 Å². The summed E-state index contributed by atoms with van der Waals surface area (Å²) >= 11 is 0. The first kappa shape index (κ1) is 17.7. The fourth-order valence-electron chi connectivity index (χ4n) is 2.04. The number of methoxy groups -OCH3 is 1. The Kier molecular flexibility index (Phi) is 5.02. The molecule has 0 spiro atoms. The first-order valence-corrected chi connectivity index (χ1v) is 7.36. The molecule has 1 N–H and O–H groups in total. The number of halogens is 1. The minimum absolute atomic E-state index is 0.157. The molecule has 0 unspecified atom stereocenters. The van der Waals surface area contributed by atoms with Gasteiger partial charge in [0.05, 0.1) is 30.4 Å². The summed E-state index contributed by atoms with van der Waals surface area (Å²) in [4.78, 5) is 20.3. The number of nitrogens with one attached hydrogen (secondary N) is 1. The second-order valence-electron chi connectivity index (χ2n) is 6.20. The van der Waals surface area contributed by atoms with Crippen LogP contribution in [-0.4, -0.2) is 28.8 Å². The molecule has 0 aliphatic heterocycles. The van der Waals surface area contributed by atoms with Gasteiger partial charge in [0.15, 0.2) is 5.75 Å². The van der Waals surface area contributed by atoms with Gasteiger partial charge in [-0.3, -0.25) is 15.3 Å². The number of hydrogen-bond acceptors (Lipinski definition) is 5. The van der Waals surface area contributed by atoms with Crippen LogP contribution in [0.4, 0.5) is 14.9 Å². The van der Waals surface area contributed by atoms with Crippen LogP contribution in [0.5, 0.6) is 5.75 Å². The minimum Gasteiger partial charge on any atom is -0.494 e. The average Bonchev–Trinajstić information content (AvgIpc) is 2.45. The van der Waals surface area contributed by atoms with Gasteiger partial charge < -0.3 is 9.47 Å². The molecular formula is C17H20FN3O3. The molecule has 7 heteroatoms. The topological polar surface area (TPSA) is 73.3 Å². The quantitative estimate of drug-likeness (QED) is 0.921. The van der Waals surface area contributed by atoms with E-state index in [1.54, 1.807) is 33.9 Å². The number of ether oxygens (including phenoxy) is 2. The van der Waals surface area contributed by atoms with E-state index in [0.717, 1.165) is 11.8 Å². The molecule has 0 atom stereocenters. The van der Waals surface area contributed by atoms with E-state index >= 15 is 0 Å². The number of rotatable bonds is 3. The smallest absolute Gasteiger partial charge is 0.412 e. The van der Waals surface area contributed by atoms with Crippen molar-refractivity contribution in [3.05, 3.63) is 36.0 Å². The number of benzene rings is 1. The lowest BCUT2D eigenvalue weighted by Gasteiger charge is -2.21. The number of aryl methyl sites for hydroxylation is 1. The molecular weight excluding hydrogens is 313 g/mol. The van der Waals surface area contributed by atoms with Gasteiger partial charge in [-0.05, 0) is 33.8 Å². The van der Waals surface area contributed by atoms with Gasteiger partial charge in [-0.1, -0.05) is 0 Å². The van der Waals surface area contributed by atoms with Crippen molar-refractivity contribution in [2.75, 3.05) is 12.4 Å². The van der Waals surface area contributed by atoms with Gasteiger partial charge in [0, 0.05) is 17.8 Å². The molecule has 1 amide bonds. The first-order chi connectivity index (χ1) is 11.2. The van der Waals surface area contributed by atoms with Crippen LogP contribution in [0, 0.1) is 12.7 Å². The van der Waals surface area contributed by atoms with Crippen molar-refractivity contribution in [2.24, 2.45) is 0 Å². The normalized spacial score (nSPS) is 11.1. The largest absolute Gasteiger partial charge is 0.494 e. The van der Waals surface area contributed by atoms with E-state index in [4.69, 9.17) is 9.47 Å². The lowest BCUT2D eigenvalue weighted by Crippen LogP contribution is -2.27. The van der Waals surface area contributed by atoms with Crippen LogP contribution in [0.1, 0.15) is 26.5 Å². The van der Waals surface area contributed by atoms with Crippen LogP contribution in [-0.2, 0) is 4.74 Å². The molecule has 1 heterocycles. The van der Waals surface area contributed by atoms with Gasteiger partial charge in [0.2, 0.25) is 0 Å². The van der Waals surface area contributed by atoms with E-state index in [9.17, 15) is 9.18 Å². The third-order valence-corrected chi connectivity index (χ3v) is 2.95. The highest BCUT2D eigenvalue weighted by atomic mass is 19.1. The third kappa shape index (κ3) is 4.41. The zero-order valence-electron chi connectivity index (χ0n) is 14.3. The van der Waals surface area contributed by atoms with E-state index in [2.05, 4.69) is 15.3 Å². The summed E-state index contributed by atoms with van der Waals surface area (Å²) in [6.07, 6.45) is 2.39. The fraction of sp³-hybridized carbons (Fsp3) is 0.353. The molecule has 1 aromatic heterocycles. The van der Waals surface area contributed by atoms with Gasteiger partial charge in [0.1, 0.15) is 11.4 Å². The molecule has 0 saturated carbocycles. The summed E-state index contributed by atoms with van der Waals surface area (Å²) in [6, 6.07) is 2.44. The van der Waals surface area contributed by atoms with E-state index < -0.39 is 17.5 Å². The molecule has 0 saturated heterocycles. The highest BCUT2D eigenvalue weighted by Crippen LogP contribution is 2.36. The predicted octanol–water partition coefficient (Wildman–Crippen LogP) is 3.95. The van der Waals surface area contributed by atoms with Gasteiger partial charge in [-0.2, -0.15) is 0 Å². The Morgan fingerprint density at radius 2 is 1.92 bits per heavy atom. The number of amides is 1. The van der Waals surface area contributed by atoms with Crippen molar-refractivity contribution in [1.82, 2.24) is 9.97 Å². The summed E-state index contributed by atoms with van der Waals surface area (Å²) < 4.78 is 24.5. The molecule has 1 aromatic carbocycles. The van der Waals surface area contributed by atoms with E-state index in [0.29, 0.717) is 11.3 Å². The van der Waals surface area contributed by atoms with Gasteiger partial charge in [-0.15, -0.1) is 0 Å². The number of carbonyl (C=O) groups is 1. The summed E-state index contributed by atoms with van der Waals surface area (Å²) in [5.41, 5.74) is 1.04.